The van der Waals surface area contributed by atoms with Crippen molar-refractivity contribution in [2.24, 2.45) is 4.99 Å². The number of furan rings is 1. The van der Waals surface area contributed by atoms with Gasteiger partial charge in [0.25, 0.3) is 11.2 Å². The maximum Gasteiger partial charge on any atom is 0.338 e. The maximum atomic E-state index is 13.7. The zero-order chi connectivity index (χ0) is 28.6. The Morgan fingerprint density at radius 2 is 1.90 bits per heavy atom. The van der Waals surface area contributed by atoms with E-state index in [9.17, 15) is 24.5 Å². The van der Waals surface area contributed by atoms with E-state index in [0.717, 1.165) is 11.3 Å². The van der Waals surface area contributed by atoms with E-state index in [1.165, 1.54) is 30.7 Å². The van der Waals surface area contributed by atoms with Crippen LogP contribution in [0.15, 0.2) is 86.1 Å². The van der Waals surface area contributed by atoms with E-state index in [2.05, 4.69) is 4.99 Å². The molecule has 0 saturated carbocycles. The second-order valence-electron chi connectivity index (χ2n) is 8.75. The summed E-state index contributed by atoms with van der Waals surface area (Å²) in [6.45, 7) is 2.96. The lowest BCUT2D eigenvalue weighted by molar-refractivity contribution is -0.384. The minimum Gasteiger partial charge on any atom is -0.466 e. The second kappa shape index (κ2) is 10.6. The summed E-state index contributed by atoms with van der Waals surface area (Å²) < 4.78 is 17.7. The molecule has 0 spiro atoms. The van der Waals surface area contributed by atoms with Crippen molar-refractivity contribution in [1.29, 1.82) is 0 Å². The number of ether oxygens (including phenoxy) is 2. The Bertz CT molecular complexity index is 1880. The van der Waals surface area contributed by atoms with Crippen LogP contribution in [0.3, 0.4) is 0 Å². The SMILES string of the molecule is COC(=O)C1=C(C)N=c2sc(=Cc3ccc(-c4cccc([N+](=O)[O-])c4)o3)c(=O)n2C1c1ccc(OC(C)=O)cc1. The molecule has 3 heterocycles. The molecule has 4 aromatic rings. The highest BCUT2D eigenvalue weighted by Crippen LogP contribution is 2.32. The van der Waals surface area contributed by atoms with E-state index in [4.69, 9.17) is 13.9 Å². The average Bonchev–Trinajstić information content (AvgIpc) is 3.52. The van der Waals surface area contributed by atoms with E-state index < -0.39 is 28.5 Å². The summed E-state index contributed by atoms with van der Waals surface area (Å²) in [5.74, 6) is -0.0212. The standard InChI is InChI=1S/C28H21N3O8S/c1-15-24(27(34)37-3)25(17-7-9-20(10-8-17)38-16(2)32)30-26(33)23(40-28(30)29-15)14-21-11-12-22(39-21)18-5-4-6-19(13-18)31(35)36/h4-14,25H,1-3H3. The first-order valence-electron chi connectivity index (χ1n) is 11.9. The van der Waals surface area contributed by atoms with Crippen LogP contribution in [0.1, 0.15) is 31.2 Å². The number of rotatable bonds is 6. The van der Waals surface area contributed by atoms with Gasteiger partial charge in [0.15, 0.2) is 4.80 Å². The molecule has 0 aliphatic carbocycles. The van der Waals surface area contributed by atoms with Crippen molar-refractivity contribution in [3.05, 3.63) is 113 Å². The zero-order valence-electron chi connectivity index (χ0n) is 21.4. The van der Waals surface area contributed by atoms with Crippen molar-refractivity contribution in [2.75, 3.05) is 7.11 Å². The fraction of sp³-hybridized carbons (Fsp3) is 0.143. The van der Waals surface area contributed by atoms with Gasteiger partial charge in [-0.25, -0.2) is 9.79 Å². The Kier molecular flexibility index (Phi) is 7.01. The van der Waals surface area contributed by atoms with Gasteiger partial charge in [0.1, 0.15) is 17.3 Å². The maximum absolute atomic E-state index is 13.7. The number of nitro benzene ring substituents is 1. The molecule has 0 radical (unpaired) electrons. The summed E-state index contributed by atoms with van der Waals surface area (Å²) in [6.07, 6.45) is 1.56. The predicted molar refractivity (Wildman–Crippen MR) is 144 cm³/mol. The van der Waals surface area contributed by atoms with Crippen LogP contribution in [0.2, 0.25) is 0 Å². The number of allylic oxidation sites excluding steroid dienone is 1. The number of carbonyl (C=O) groups excluding carboxylic acids is 2. The van der Waals surface area contributed by atoms with Crippen molar-refractivity contribution < 1.29 is 28.4 Å². The molecule has 1 aliphatic heterocycles. The van der Waals surface area contributed by atoms with E-state index in [1.807, 2.05) is 0 Å². The highest BCUT2D eigenvalue weighted by molar-refractivity contribution is 7.07. The molecule has 1 unspecified atom stereocenters. The van der Waals surface area contributed by atoms with Crippen LogP contribution in [0.25, 0.3) is 17.4 Å². The van der Waals surface area contributed by atoms with Crippen LogP contribution in [0, 0.1) is 10.1 Å². The van der Waals surface area contributed by atoms with Crippen LogP contribution >= 0.6 is 11.3 Å². The Hall–Kier alpha value is -5.10. The molecule has 202 valence electrons. The number of methoxy groups -OCH3 is 1. The van der Waals surface area contributed by atoms with Gasteiger partial charge in [-0.1, -0.05) is 35.6 Å². The van der Waals surface area contributed by atoms with Crippen molar-refractivity contribution in [2.45, 2.75) is 19.9 Å². The molecule has 5 rings (SSSR count). The summed E-state index contributed by atoms with van der Waals surface area (Å²) >= 11 is 1.13. The number of benzene rings is 2. The molecule has 2 aromatic carbocycles. The van der Waals surface area contributed by atoms with Crippen molar-refractivity contribution in [3.63, 3.8) is 0 Å². The van der Waals surface area contributed by atoms with Crippen molar-refractivity contribution in [3.8, 4) is 17.1 Å². The van der Waals surface area contributed by atoms with Crippen molar-refractivity contribution in [1.82, 2.24) is 4.57 Å². The molecule has 1 atom stereocenters. The summed E-state index contributed by atoms with van der Waals surface area (Å²) in [7, 11) is 1.25. The number of aromatic nitrogens is 1. The summed E-state index contributed by atoms with van der Waals surface area (Å²) in [5, 5.41) is 11.1. The monoisotopic (exact) mass is 559 g/mol. The van der Waals surface area contributed by atoms with E-state index in [-0.39, 0.29) is 11.3 Å². The minimum absolute atomic E-state index is 0.0681. The third kappa shape index (κ3) is 4.99. The Morgan fingerprint density at radius 3 is 2.58 bits per heavy atom. The van der Waals surface area contributed by atoms with Gasteiger partial charge in [0.05, 0.1) is 33.9 Å². The van der Waals surface area contributed by atoms with Crippen LogP contribution in [-0.4, -0.2) is 28.5 Å². The van der Waals surface area contributed by atoms with E-state index in [1.54, 1.807) is 61.5 Å². The number of nitro groups is 1. The van der Waals surface area contributed by atoms with Gasteiger partial charge in [-0.15, -0.1) is 0 Å². The van der Waals surface area contributed by atoms with Gasteiger partial charge in [0.2, 0.25) is 0 Å². The Labute approximate surface area is 230 Å². The summed E-state index contributed by atoms with van der Waals surface area (Å²) in [5.41, 5.74) is 1.24. The van der Waals surface area contributed by atoms with Crippen LogP contribution < -0.4 is 19.6 Å². The number of thiazole rings is 1. The molecule has 11 nitrogen and oxygen atoms in total. The quantitative estimate of drug-likeness (QED) is 0.151. The van der Waals surface area contributed by atoms with E-state index in [0.29, 0.717) is 43.4 Å². The highest BCUT2D eigenvalue weighted by atomic mass is 32.1. The molecule has 12 heteroatoms. The van der Waals surface area contributed by atoms with Crippen molar-refractivity contribution >= 4 is 35.0 Å². The normalized spacial score (nSPS) is 14.9. The molecule has 0 saturated heterocycles. The second-order valence-corrected chi connectivity index (χ2v) is 9.75. The molecule has 0 fully saturated rings. The lowest BCUT2D eigenvalue weighted by atomic mass is 9.96. The highest BCUT2D eigenvalue weighted by Gasteiger charge is 2.33. The first kappa shape index (κ1) is 26.5. The zero-order valence-corrected chi connectivity index (χ0v) is 22.3. The van der Waals surface area contributed by atoms with Crippen LogP contribution in [0.5, 0.6) is 5.75 Å². The molecule has 0 bridgehead atoms. The van der Waals surface area contributed by atoms with Gasteiger partial charge in [0, 0.05) is 30.7 Å². The molecule has 40 heavy (non-hydrogen) atoms. The number of hydrogen-bond acceptors (Lipinski definition) is 10. The number of non-ortho nitro benzene ring substituents is 1. The van der Waals surface area contributed by atoms with Gasteiger partial charge >= 0.3 is 11.9 Å². The lowest BCUT2D eigenvalue weighted by Crippen LogP contribution is -2.39. The first-order valence-corrected chi connectivity index (χ1v) is 12.7. The lowest BCUT2D eigenvalue weighted by Gasteiger charge is -2.24. The third-order valence-corrected chi connectivity index (χ3v) is 7.11. The van der Waals surface area contributed by atoms with Crippen LogP contribution in [-0.2, 0) is 14.3 Å². The van der Waals surface area contributed by atoms with Crippen LogP contribution in [0.4, 0.5) is 5.69 Å². The number of esters is 2. The fourth-order valence-corrected chi connectivity index (χ4v) is 5.41. The Balaban J connectivity index is 1.60. The minimum atomic E-state index is -0.839. The fourth-order valence-electron chi connectivity index (χ4n) is 4.38. The number of hydrogen-bond donors (Lipinski definition) is 0. The molecule has 2 aromatic heterocycles. The number of nitrogens with zero attached hydrogens (tertiary/aromatic N) is 3. The van der Waals surface area contributed by atoms with Gasteiger partial charge in [-0.05, 0) is 36.8 Å². The molecular formula is C28H21N3O8S. The molecule has 0 N–H and O–H groups in total. The molecule has 1 aliphatic rings. The number of carbonyl (C=O) groups is 2. The Morgan fingerprint density at radius 1 is 1.15 bits per heavy atom. The third-order valence-electron chi connectivity index (χ3n) is 6.13. The largest absolute Gasteiger partial charge is 0.466 e. The topological polar surface area (TPSA) is 143 Å². The van der Waals surface area contributed by atoms with Gasteiger partial charge in [-0.3, -0.25) is 24.3 Å². The smallest absolute Gasteiger partial charge is 0.338 e. The first-order chi connectivity index (χ1) is 19.2. The average molecular weight is 560 g/mol. The number of fused-ring (bicyclic) bond motifs is 1. The van der Waals surface area contributed by atoms with E-state index >= 15 is 0 Å². The van der Waals surface area contributed by atoms with Gasteiger partial charge < -0.3 is 13.9 Å². The summed E-state index contributed by atoms with van der Waals surface area (Å²) in [6, 6.07) is 15.0. The predicted octanol–water partition coefficient (Wildman–Crippen LogP) is 3.50. The molecular weight excluding hydrogens is 538 g/mol. The van der Waals surface area contributed by atoms with Gasteiger partial charge in [-0.2, -0.15) is 0 Å². The summed E-state index contributed by atoms with van der Waals surface area (Å²) in [4.78, 5) is 53.4. The molecule has 0 amide bonds.